The van der Waals surface area contributed by atoms with Crippen molar-refractivity contribution >= 4 is 23.9 Å². The fraction of sp³-hybridized carbons (Fsp3) is 0.556. The van der Waals surface area contributed by atoms with Crippen LogP contribution in [0.5, 0.6) is 5.75 Å². The van der Waals surface area contributed by atoms with Crippen LogP contribution in [-0.4, -0.2) is 67.3 Å². The number of carboxylic acid groups (broad SMARTS) is 1. The standard InChI is InChI=1S/C36H54N4O7/c1-25(2)12-8-7-11-21-46-29-17-15-27(16-18-29)23-32(33(41)37-5)40-34(42)31(22-26(3)4)39-30(35(43)44)19-20-38-36(45)47-24-28-13-9-6-10-14-28/h6,9-10,13-18,25-26,30-32,39H,7-8,11-12,19-24H2,1-5H3,(H,37,41)(H,38,45)(H,40,42)(H,43,44)/t30-,31+,32+/m1/s1. The van der Waals surface area contributed by atoms with Gasteiger partial charge in [-0.25, -0.2) is 4.79 Å². The highest BCUT2D eigenvalue weighted by Crippen LogP contribution is 2.16. The molecule has 0 unspecified atom stereocenters. The number of alkyl carbamates (subject to hydrolysis) is 1. The number of benzene rings is 2. The van der Waals surface area contributed by atoms with E-state index in [0.29, 0.717) is 18.9 Å². The molecule has 0 saturated heterocycles. The molecule has 47 heavy (non-hydrogen) atoms. The molecule has 0 aliphatic rings. The van der Waals surface area contributed by atoms with Crippen LogP contribution in [-0.2, 0) is 32.1 Å². The molecule has 0 aromatic heterocycles. The van der Waals surface area contributed by atoms with Crippen LogP contribution in [0, 0.1) is 11.8 Å². The number of carbonyl (C=O) groups excluding carboxylic acids is 3. The molecule has 2 rings (SSSR count). The Hall–Kier alpha value is -4.12. The van der Waals surface area contributed by atoms with Gasteiger partial charge >= 0.3 is 12.1 Å². The predicted molar refractivity (Wildman–Crippen MR) is 182 cm³/mol. The van der Waals surface area contributed by atoms with Crippen molar-refractivity contribution in [3.63, 3.8) is 0 Å². The maximum atomic E-state index is 13.5. The number of carbonyl (C=O) groups is 4. The van der Waals surface area contributed by atoms with Crippen molar-refractivity contribution in [3.05, 3.63) is 65.7 Å². The lowest BCUT2D eigenvalue weighted by atomic mass is 10.00. The third-order valence-corrected chi connectivity index (χ3v) is 7.58. The van der Waals surface area contributed by atoms with Gasteiger partial charge in [-0.1, -0.05) is 89.4 Å². The lowest BCUT2D eigenvalue weighted by Crippen LogP contribution is -2.56. The molecule has 5 N–H and O–H groups in total. The second-order valence-corrected chi connectivity index (χ2v) is 12.6. The van der Waals surface area contributed by atoms with Crippen LogP contribution in [0.2, 0.25) is 0 Å². The van der Waals surface area contributed by atoms with E-state index < -0.39 is 36.1 Å². The molecule has 3 amide bonds. The number of nitrogens with one attached hydrogen (secondary N) is 4. The summed E-state index contributed by atoms with van der Waals surface area (Å²) in [4.78, 5) is 50.5. The largest absolute Gasteiger partial charge is 0.494 e. The van der Waals surface area contributed by atoms with Gasteiger partial charge in [0.15, 0.2) is 0 Å². The highest BCUT2D eigenvalue weighted by Gasteiger charge is 2.30. The molecular formula is C36H54N4O7. The zero-order valence-electron chi connectivity index (χ0n) is 28.6. The third-order valence-electron chi connectivity index (χ3n) is 7.58. The van der Waals surface area contributed by atoms with Crippen LogP contribution in [0.25, 0.3) is 0 Å². The van der Waals surface area contributed by atoms with Crippen molar-refractivity contribution < 1.29 is 33.8 Å². The Labute approximate surface area is 279 Å². The first-order valence-corrected chi connectivity index (χ1v) is 16.7. The van der Waals surface area contributed by atoms with E-state index in [9.17, 15) is 24.3 Å². The normalized spacial score (nSPS) is 13.0. The van der Waals surface area contributed by atoms with Crippen molar-refractivity contribution in [2.75, 3.05) is 20.2 Å². The van der Waals surface area contributed by atoms with Crippen molar-refractivity contribution in [1.82, 2.24) is 21.3 Å². The summed E-state index contributed by atoms with van der Waals surface area (Å²) in [7, 11) is 1.50. The second-order valence-electron chi connectivity index (χ2n) is 12.6. The van der Waals surface area contributed by atoms with Crippen LogP contribution in [0.3, 0.4) is 0 Å². The first kappa shape index (κ1) is 39.1. The number of hydrogen-bond acceptors (Lipinski definition) is 7. The molecule has 0 aliphatic carbocycles. The van der Waals surface area contributed by atoms with Crippen LogP contribution in [0.15, 0.2) is 54.6 Å². The van der Waals surface area contributed by atoms with E-state index in [1.54, 1.807) is 0 Å². The zero-order valence-corrected chi connectivity index (χ0v) is 28.6. The molecule has 260 valence electrons. The molecule has 11 nitrogen and oxygen atoms in total. The molecule has 0 heterocycles. The monoisotopic (exact) mass is 654 g/mol. The van der Waals surface area contributed by atoms with Gasteiger partial charge in [-0.2, -0.15) is 0 Å². The molecule has 3 atom stereocenters. The summed E-state index contributed by atoms with van der Waals surface area (Å²) in [5, 5.41) is 20.8. The third kappa shape index (κ3) is 16.3. The molecule has 0 aliphatic heterocycles. The minimum atomic E-state index is -1.16. The number of amides is 3. The van der Waals surface area contributed by atoms with E-state index in [0.717, 1.165) is 29.7 Å². The van der Waals surface area contributed by atoms with Gasteiger partial charge < -0.3 is 30.5 Å². The van der Waals surface area contributed by atoms with Crippen LogP contribution in [0.1, 0.15) is 77.3 Å². The average Bonchev–Trinajstić information content (AvgIpc) is 3.04. The summed E-state index contributed by atoms with van der Waals surface area (Å²) in [6, 6.07) is 13.8. The number of likely N-dealkylation sites (N-methyl/N-ethyl adjacent to an activating group) is 1. The Balaban J connectivity index is 1.94. The Bertz CT molecular complexity index is 1220. The lowest BCUT2D eigenvalue weighted by Gasteiger charge is -2.26. The topological polar surface area (TPSA) is 155 Å². The Kier molecular flexibility index (Phi) is 18.0. The van der Waals surface area contributed by atoms with E-state index in [1.807, 2.05) is 68.4 Å². The Morgan fingerprint density at radius 1 is 0.766 bits per heavy atom. The minimum Gasteiger partial charge on any atom is -0.494 e. The number of rotatable bonds is 22. The molecule has 0 fully saturated rings. The molecule has 11 heteroatoms. The van der Waals surface area contributed by atoms with Crippen LogP contribution in [0.4, 0.5) is 4.79 Å². The van der Waals surface area contributed by atoms with Crippen molar-refractivity contribution in [3.8, 4) is 5.75 Å². The van der Waals surface area contributed by atoms with Crippen LogP contribution >= 0.6 is 0 Å². The van der Waals surface area contributed by atoms with Crippen molar-refractivity contribution in [1.29, 1.82) is 0 Å². The van der Waals surface area contributed by atoms with E-state index in [2.05, 4.69) is 35.1 Å². The zero-order chi connectivity index (χ0) is 34.6. The van der Waals surface area contributed by atoms with Gasteiger partial charge in [0.05, 0.1) is 12.6 Å². The molecule has 0 spiro atoms. The highest BCUT2D eigenvalue weighted by atomic mass is 16.5. The summed E-state index contributed by atoms with van der Waals surface area (Å²) in [6.45, 7) is 9.06. The summed E-state index contributed by atoms with van der Waals surface area (Å²) >= 11 is 0. The van der Waals surface area contributed by atoms with E-state index in [4.69, 9.17) is 9.47 Å². The molecule has 0 bridgehead atoms. The van der Waals surface area contributed by atoms with Crippen molar-refractivity contribution in [2.45, 2.75) is 97.4 Å². The predicted octanol–water partition coefficient (Wildman–Crippen LogP) is 4.83. The minimum absolute atomic E-state index is 0.0168. The number of ether oxygens (including phenoxy) is 2. The van der Waals surface area contributed by atoms with Gasteiger partial charge in [0.2, 0.25) is 11.8 Å². The van der Waals surface area contributed by atoms with Gasteiger partial charge in [0.25, 0.3) is 0 Å². The summed E-state index contributed by atoms with van der Waals surface area (Å²) < 4.78 is 11.1. The van der Waals surface area contributed by atoms with Crippen LogP contribution < -0.4 is 26.0 Å². The van der Waals surface area contributed by atoms with E-state index in [1.165, 1.54) is 19.9 Å². The smallest absolute Gasteiger partial charge is 0.407 e. The number of aliphatic carboxylic acids is 1. The number of carboxylic acids is 1. The molecule has 0 radical (unpaired) electrons. The fourth-order valence-electron chi connectivity index (χ4n) is 4.97. The average molecular weight is 655 g/mol. The number of hydrogen-bond donors (Lipinski definition) is 5. The van der Waals surface area contributed by atoms with Gasteiger partial charge in [-0.3, -0.25) is 19.7 Å². The summed E-state index contributed by atoms with van der Waals surface area (Å²) in [5.41, 5.74) is 1.67. The van der Waals surface area contributed by atoms with E-state index >= 15 is 0 Å². The maximum absolute atomic E-state index is 13.5. The first-order valence-electron chi connectivity index (χ1n) is 16.7. The first-order chi connectivity index (χ1) is 22.5. The maximum Gasteiger partial charge on any atom is 0.407 e. The molecule has 2 aromatic carbocycles. The highest BCUT2D eigenvalue weighted by molar-refractivity contribution is 5.90. The second kappa shape index (κ2) is 21.6. The summed E-state index contributed by atoms with van der Waals surface area (Å²) in [6.07, 6.45) is 4.47. The van der Waals surface area contributed by atoms with Gasteiger partial charge in [0.1, 0.15) is 24.4 Å². The van der Waals surface area contributed by atoms with Gasteiger partial charge in [-0.05, 0) is 54.4 Å². The van der Waals surface area contributed by atoms with Crippen molar-refractivity contribution in [2.24, 2.45) is 11.8 Å². The quantitative estimate of drug-likeness (QED) is 0.113. The lowest BCUT2D eigenvalue weighted by molar-refractivity contribution is -0.140. The molecule has 2 aromatic rings. The molecule has 0 saturated carbocycles. The van der Waals surface area contributed by atoms with E-state index in [-0.39, 0.29) is 37.8 Å². The Morgan fingerprint density at radius 2 is 1.47 bits per heavy atom. The summed E-state index contributed by atoms with van der Waals surface area (Å²) in [5.74, 6) is -0.490. The number of unbranched alkanes of at least 4 members (excludes halogenated alkanes) is 2. The molecular weight excluding hydrogens is 600 g/mol. The van der Waals surface area contributed by atoms with Gasteiger partial charge in [-0.15, -0.1) is 0 Å². The Morgan fingerprint density at radius 3 is 2.09 bits per heavy atom. The van der Waals surface area contributed by atoms with Gasteiger partial charge in [0, 0.05) is 20.0 Å². The SMILES string of the molecule is CNC(=O)[C@H](Cc1ccc(OCCCCCC(C)C)cc1)NC(=O)[C@H](CC(C)C)N[C@H](CCNC(=O)OCc1ccccc1)C(=O)O. The fourth-order valence-corrected chi connectivity index (χ4v) is 4.97.